The molecule has 0 aliphatic rings. The van der Waals surface area contributed by atoms with Gasteiger partial charge in [-0.1, -0.05) is 22.7 Å². The second-order valence-corrected chi connectivity index (χ2v) is 8.26. The largest absolute Gasteiger partial charge is 0.452 e. The van der Waals surface area contributed by atoms with Gasteiger partial charge < -0.3 is 14.8 Å². The Hall–Kier alpha value is -3.09. The summed E-state index contributed by atoms with van der Waals surface area (Å²) in [5.41, 5.74) is 0.734. The minimum atomic E-state index is -3.94. The highest BCUT2D eigenvalue weighted by molar-refractivity contribution is 7.89. The predicted octanol–water partition coefficient (Wildman–Crippen LogP) is 1.99. The molecule has 0 aromatic heterocycles. The van der Waals surface area contributed by atoms with Crippen LogP contribution in [-0.2, 0) is 30.8 Å². The molecule has 9 nitrogen and oxygen atoms in total. The maximum absolute atomic E-state index is 12.2. The fourth-order valence-electron chi connectivity index (χ4n) is 2.48. The number of amides is 1. The van der Waals surface area contributed by atoms with E-state index in [1.807, 2.05) is 0 Å². The van der Waals surface area contributed by atoms with Gasteiger partial charge >= 0.3 is 12.6 Å². The van der Waals surface area contributed by atoms with E-state index >= 15 is 0 Å². The van der Waals surface area contributed by atoms with Gasteiger partial charge in [0.1, 0.15) is 5.75 Å². The maximum Gasteiger partial charge on any atom is 0.387 e. The van der Waals surface area contributed by atoms with Crippen LogP contribution in [0.15, 0.2) is 53.4 Å². The van der Waals surface area contributed by atoms with Crippen molar-refractivity contribution in [1.29, 1.82) is 0 Å². The predicted molar refractivity (Wildman–Crippen MR) is 108 cm³/mol. The first-order valence-corrected chi connectivity index (χ1v) is 10.7. The number of nitrogens with one attached hydrogen (secondary N) is 1. The Bertz CT molecular complexity index is 1030. The molecule has 12 heteroatoms. The van der Waals surface area contributed by atoms with Gasteiger partial charge in [0.25, 0.3) is 15.9 Å². The first-order chi connectivity index (χ1) is 15.1. The fraction of sp³-hybridized carbons (Fsp3) is 0.300. The molecule has 0 bridgehead atoms. The van der Waals surface area contributed by atoms with Crippen molar-refractivity contribution in [1.82, 2.24) is 9.79 Å². The second kappa shape index (κ2) is 11.5. The van der Waals surface area contributed by atoms with Crippen molar-refractivity contribution in [2.45, 2.75) is 17.9 Å². The molecule has 0 saturated heterocycles. The highest BCUT2D eigenvalue weighted by atomic mass is 32.2. The van der Waals surface area contributed by atoms with Crippen LogP contribution in [0.2, 0.25) is 0 Å². The van der Waals surface area contributed by atoms with Crippen LogP contribution in [0.25, 0.3) is 0 Å². The third kappa shape index (κ3) is 7.25. The molecular weight excluding hydrogens is 450 g/mol. The molecule has 0 spiro atoms. The molecule has 0 unspecified atom stereocenters. The summed E-state index contributed by atoms with van der Waals surface area (Å²) in [6, 6.07) is 11.1. The molecule has 0 aliphatic heterocycles. The molecule has 0 radical (unpaired) electrons. The van der Waals surface area contributed by atoms with E-state index in [0.29, 0.717) is 10.9 Å². The van der Waals surface area contributed by atoms with E-state index in [4.69, 9.17) is 4.74 Å². The highest BCUT2D eigenvalue weighted by Gasteiger charge is 2.22. The molecule has 1 N–H and O–H groups in total. The van der Waals surface area contributed by atoms with Crippen LogP contribution >= 0.6 is 0 Å². The summed E-state index contributed by atoms with van der Waals surface area (Å²) in [6.07, 6.45) is 0.418. The second-order valence-electron chi connectivity index (χ2n) is 6.32. The van der Waals surface area contributed by atoms with E-state index in [0.717, 1.165) is 11.6 Å². The van der Waals surface area contributed by atoms with Crippen LogP contribution in [0.5, 0.6) is 5.75 Å². The van der Waals surface area contributed by atoms with Gasteiger partial charge in [-0.05, 0) is 42.3 Å². The molecule has 2 aromatic rings. The van der Waals surface area contributed by atoms with Gasteiger partial charge in [0.15, 0.2) is 6.61 Å². The fourth-order valence-corrected chi connectivity index (χ4v) is 3.50. The number of carbonyl (C=O) groups is 2. The molecular formula is C20H22F2N2O7S. The number of ether oxygens (including phenoxy) is 2. The third-order valence-corrected chi connectivity index (χ3v) is 5.86. The summed E-state index contributed by atoms with van der Waals surface area (Å²) >= 11 is 0. The van der Waals surface area contributed by atoms with Gasteiger partial charge in [0.05, 0.1) is 17.6 Å². The molecule has 174 valence electrons. The van der Waals surface area contributed by atoms with Crippen LogP contribution < -0.4 is 10.1 Å². The number of rotatable bonds is 11. The minimum absolute atomic E-state index is 0.0328. The van der Waals surface area contributed by atoms with Crippen molar-refractivity contribution >= 4 is 21.9 Å². The summed E-state index contributed by atoms with van der Waals surface area (Å²) in [6.45, 7) is -3.24. The van der Waals surface area contributed by atoms with Gasteiger partial charge in [-0.15, -0.1) is 0 Å². The van der Waals surface area contributed by atoms with Crippen LogP contribution in [0.3, 0.4) is 0 Å². The maximum atomic E-state index is 12.2. The number of hydroxylamine groups is 1. The summed E-state index contributed by atoms with van der Waals surface area (Å²) < 4.78 is 58.6. The number of alkyl halides is 2. The lowest BCUT2D eigenvalue weighted by Crippen LogP contribution is -2.30. The molecule has 2 rings (SSSR count). The van der Waals surface area contributed by atoms with Gasteiger partial charge in [-0.25, -0.2) is 13.2 Å². The highest BCUT2D eigenvalue weighted by Crippen LogP contribution is 2.17. The number of sulfonamides is 1. The Labute approximate surface area is 183 Å². The van der Waals surface area contributed by atoms with Crippen LogP contribution in [0.4, 0.5) is 8.78 Å². The van der Waals surface area contributed by atoms with Gasteiger partial charge in [-0.3, -0.25) is 9.63 Å². The Morgan fingerprint density at radius 3 is 2.44 bits per heavy atom. The zero-order chi connectivity index (χ0) is 23.7. The van der Waals surface area contributed by atoms with E-state index in [1.54, 1.807) is 12.1 Å². The van der Waals surface area contributed by atoms with Crippen molar-refractivity contribution in [3.05, 3.63) is 59.7 Å². The Kier molecular flexibility index (Phi) is 9.05. The molecule has 1 amide bonds. The normalized spacial score (nSPS) is 11.4. The van der Waals surface area contributed by atoms with Gasteiger partial charge in [0.2, 0.25) is 0 Å². The third-order valence-electron chi connectivity index (χ3n) is 4.18. The van der Waals surface area contributed by atoms with E-state index < -0.39 is 35.1 Å². The molecule has 0 fully saturated rings. The summed E-state index contributed by atoms with van der Waals surface area (Å²) in [7, 11) is -1.55. The average molecular weight is 472 g/mol. The number of hydrogen-bond donors (Lipinski definition) is 1. The van der Waals surface area contributed by atoms with Crippen LogP contribution in [0.1, 0.15) is 15.9 Å². The van der Waals surface area contributed by atoms with Crippen molar-refractivity contribution in [2.24, 2.45) is 0 Å². The Morgan fingerprint density at radius 2 is 1.81 bits per heavy atom. The zero-order valence-electron chi connectivity index (χ0n) is 17.3. The number of carbonyl (C=O) groups excluding carboxylic acids is 2. The monoisotopic (exact) mass is 472 g/mol. The average Bonchev–Trinajstić information content (AvgIpc) is 2.77. The van der Waals surface area contributed by atoms with Crippen molar-refractivity contribution in [2.75, 3.05) is 27.3 Å². The first-order valence-electron chi connectivity index (χ1n) is 9.24. The van der Waals surface area contributed by atoms with Crippen molar-refractivity contribution in [3.8, 4) is 5.75 Å². The van der Waals surface area contributed by atoms with E-state index in [2.05, 4.69) is 14.9 Å². The molecule has 0 aliphatic carbocycles. The summed E-state index contributed by atoms with van der Waals surface area (Å²) in [4.78, 5) is 28.6. The lowest BCUT2D eigenvalue weighted by molar-refractivity contribution is -0.124. The summed E-state index contributed by atoms with van der Waals surface area (Å²) in [5, 5.41) is 2.56. The molecule has 2 aromatic carbocycles. The molecule has 0 atom stereocenters. The standard InChI is InChI=1S/C20H22F2N2O7S/c1-24(29-2)32(27,28)17-5-3-4-15(12-17)19(26)30-13-18(25)23-11-10-14-6-8-16(9-7-14)31-20(21)22/h3-9,12,20H,10-11,13H2,1-2H3,(H,23,25). The number of esters is 1. The number of benzene rings is 2. The molecule has 0 saturated carbocycles. The number of halogens is 2. The lowest BCUT2D eigenvalue weighted by atomic mass is 10.1. The first kappa shape index (κ1) is 25.2. The van der Waals surface area contributed by atoms with Gasteiger partial charge in [-0.2, -0.15) is 8.78 Å². The quantitative estimate of drug-likeness (QED) is 0.393. The SMILES string of the molecule is CON(C)S(=O)(=O)c1cccc(C(=O)OCC(=O)NCCc2ccc(OC(F)F)cc2)c1. The van der Waals surface area contributed by atoms with E-state index in [1.165, 1.54) is 44.5 Å². The van der Waals surface area contributed by atoms with Crippen molar-refractivity contribution < 1.29 is 41.1 Å². The smallest absolute Gasteiger partial charge is 0.387 e. The summed E-state index contributed by atoms with van der Waals surface area (Å²) in [5.74, 6) is -1.39. The van der Waals surface area contributed by atoms with Gasteiger partial charge in [0, 0.05) is 13.6 Å². The topological polar surface area (TPSA) is 111 Å². The van der Waals surface area contributed by atoms with Crippen molar-refractivity contribution in [3.63, 3.8) is 0 Å². The number of nitrogens with zero attached hydrogens (tertiary/aromatic N) is 1. The van der Waals surface area contributed by atoms with E-state index in [-0.39, 0.29) is 22.8 Å². The zero-order valence-corrected chi connectivity index (χ0v) is 18.1. The number of hydrogen-bond acceptors (Lipinski definition) is 7. The molecule has 32 heavy (non-hydrogen) atoms. The van der Waals surface area contributed by atoms with Crippen LogP contribution in [-0.4, -0.2) is 58.7 Å². The Balaban J connectivity index is 1.82. The van der Waals surface area contributed by atoms with E-state index in [9.17, 15) is 26.8 Å². The minimum Gasteiger partial charge on any atom is -0.452 e. The lowest BCUT2D eigenvalue weighted by Gasteiger charge is -2.14. The van der Waals surface area contributed by atoms with Crippen LogP contribution in [0, 0.1) is 0 Å². The Morgan fingerprint density at radius 1 is 1.12 bits per heavy atom. The molecule has 0 heterocycles.